The Morgan fingerprint density at radius 2 is 2.25 bits per heavy atom. The third-order valence-corrected chi connectivity index (χ3v) is 2.07. The van der Waals surface area contributed by atoms with Crippen molar-refractivity contribution in [2.75, 3.05) is 0 Å². The molecular formula is C7H5Cl2N3. The van der Waals surface area contributed by atoms with Gasteiger partial charge >= 0.3 is 0 Å². The van der Waals surface area contributed by atoms with Gasteiger partial charge in [-0.25, -0.2) is 4.98 Å². The Morgan fingerprint density at radius 3 is 2.92 bits per heavy atom. The summed E-state index contributed by atoms with van der Waals surface area (Å²) in [4.78, 5) is 8.08. The van der Waals surface area contributed by atoms with Crippen molar-refractivity contribution >= 4 is 28.8 Å². The largest absolute Gasteiger partial charge is 0.287 e. The second kappa shape index (κ2) is 2.92. The summed E-state index contributed by atoms with van der Waals surface area (Å²) in [7, 11) is 0. The smallest absolute Gasteiger partial charge is 0.156 e. The van der Waals surface area contributed by atoms with Gasteiger partial charge in [0.1, 0.15) is 5.15 Å². The van der Waals surface area contributed by atoms with Crippen molar-refractivity contribution in [1.29, 1.82) is 0 Å². The molecule has 0 aliphatic rings. The zero-order valence-electron chi connectivity index (χ0n) is 6.04. The summed E-state index contributed by atoms with van der Waals surface area (Å²) in [5, 5.41) is 0.538. The van der Waals surface area contributed by atoms with Gasteiger partial charge in [0.15, 0.2) is 5.65 Å². The third kappa shape index (κ3) is 1.15. The lowest BCUT2D eigenvalue weighted by molar-refractivity contribution is 1.13. The number of rotatable bonds is 1. The molecule has 0 saturated carbocycles. The quantitative estimate of drug-likeness (QED) is 0.663. The number of hydrogen-bond donors (Lipinski definition) is 0. The highest BCUT2D eigenvalue weighted by atomic mass is 35.5. The zero-order chi connectivity index (χ0) is 8.55. The van der Waals surface area contributed by atoms with E-state index >= 15 is 0 Å². The van der Waals surface area contributed by atoms with Crippen molar-refractivity contribution < 1.29 is 0 Å². The summed E-state index contributed by atoms with van der Waals surface area (Å²) in [5.41, 5.74) is 1.52. The van der Waals surface area contributed by atoms with Crippen molar-refractivity contribution in [3.63, 3.8) is 0 Å². The molecule has 2 aromatic rings. The molecule has 2 heterocycles. The average Bonchev–Trinajstić information content (AvgIpc) is 2.49. The van der Waals surface area contributed by atoms with Crippen molar-refractivity contribution in [1.82, 2.24) is 14.4 Å². The van der Waals surface area contributed by atoms with E-state index in [1.54, 1.807) is 23.0 Å². The predicted octanol–water partition coefficient (Wildman–Crippen LogP) is 2.12. The molecule has 2 rings (SSSR count). The van der Waals surface area contributed by atoms with Crippen LogP contribution in [0.15, 0.2) is 18.6 Å². The fourth-order valence-electron chi connectivity index (χ4n) is 0.999. The lowest BCUT2D eigenvalue weighted by Crippen LogP contribution is -1.85. The van der Waals surface area contributed by atoms with Crippen LogP contribution in [0, 0.1) is 0 Å². The molecule has 5 heteroatoms. The lowest BCUT2D eigenvalue weighted by Gasteiger charge is -1.92. The monoisotopic (exact) mass is 201 g/mol. The van der Waals surface area contributed by atoms with Gasteiger partial charge in [-0.15, -0.1) is 11.6 Å². The van der Waals surface area contributed by atoms with Crippen molar-refractivity contribution in [3.05, 3.63) is 29.4 Å². The first-order valence-electron chi connectivity index (χ1n) is 3.34. The summed E-state index contributed by atoms with van der Waals surface area (Å²) >= 11 is 11.5. The van der Waals surface area contributed by atoms with Crippen LogP contribution < -0.4 is 0 Å². The summed E-state index contributed by atoms with van der Waals surface area (Å²) in [5.74, 6) is 0.387. The minimum Gasteiger partial charge on any atom is -0.287 e. The van der Waals surface area contributed by atoms with Crippen LogP contribution in [0.1, 0.15) is 5.69 Å². The molecule has 0 unspecified atom stereocenters. The van der Waals surface area contributed by atoms with Gasteiger partial charge in [0, 0.05) is 6.20 Å². The maximum atomic E-state index is 5.84. The number of aromatic nitrogens is 3. The van der Waals surface area contributed by atoms with Crippen LogP contribution in [0.5, 0.6) is 0 Å². The second-order valence-corrected chi connectivity index (χ2v) is 2.98. The maximum absolute atomic E-state index is 5.84. The van der Waals surface area contributed by atoms with Gasteiger partial charge in [-0.2, -0.15) is 0 Å². The van der Waals surface area contributed by atoms with E-state index in [2.05, 4.69) is 9.97 Å². The van der Waals surface area contributed by atoms with Crippen LogP contribution in [0.3, 0.4) is 0 Å². The predicted molar refractivity (Wildman–Crippen MR) is 47.6 cm³/mol. The fourth-order valence-corrected chi connectivity index (χ4v) is 1.32. The normalized spacial score (nSPS) is 10.8. The first-order chi connectivity index (χ1) is 5.81. The highest BCUT2D eigenvalue weighted by Crippen LogP contribution is 2.12. The Bertz CT molecular complexity index is 410. The molecule has 0 fully saturated rings. The van der Waals surface area contributed by atoms with Gasteiger partial charge in [0.25, 0.3) is 0 Å². The van der Waals surface area contributed by atoms with E-state index in [1.165, 1.54) is 0 Å². The van der Waals surface area contributed by atoms with E-state index < -0.39 is 0 Å². The number of imidazole rings is 1. The first-order valence-corrected chi connectivity index (χ1v) is 4.26. The Hall–Kier alpha value is -0.800. The molecule has 3 nitrogen and oxygen atoms in total. The van der Waals surface area contributed by atoms with Crippen LogP contribution in [0.4, 0.5) is 0 Å². The first kappa shape index (κ1) is 7.83. The standard InChI is InChI=1S/C7H5Cl2N3/c8-1-5-4-12-6(9)2-10-3-7(12)11-5/h2-4H,1H2. The number of nitrogens with zero attached hydrogens (tertiary/aromatic N) is 3. The van der Waals surface area contributed by atoms with Gasteiger partial charge in [-0.1, -0.05) is 11.6 Å². The number of halogens is 2. The topological polar surface area (TPSA) is 30.2 Å². The molecule has 0 aromatic carbocycles. The minimum absolute atomic E-state index is 0.387. The van der Waals surface area contributed by atoms with Gasteiger partial charge in [-0.3, -0.25) is 9.38 Å². The fraction of sp³-hybridized carbons (Fsp3) is 0.143. The maximum Gasteiger partial charge on any atom is 0.156 e. The summed E-state index contributed by atoms with van der Waals surface area (Å²) in [6.07, 6.45) is 5.00. The number of hydrogen-bond acceptors (Lipinski definition) is 2. The molecule has 0 amide bonds. The summed E-state index contributed by atoms with van der Waals surface area (Å²) < 4.78 is 1.74. The molecule has 0 aliphatic heterocycles. The molecule has 62 valence electrons. The minimum atomic E-state index is 0.387. The van der Waals surface area contributed by atoms with Crippen LogP contribution in [0.25, 0.3) is 5.65 Å². The van der Waals surface area contributed by atoms with Crippen LogP contribution in [0.2, 0.25) is 5.15 Å². The molecule has 2 aromatic heterocycles. The van der Waals surface area contributed by atoms with E-state index in [-0.39, 0.29) is 0 Å². The van der Waals surface area contributed by atoms with Crippen molar-refractivity contribution in [2.45, 2.75) is 5.88 Å². The Morgan fingerprint density at radius 1 is 1.42 bits per heavy atom. The molecule has 0 bridgehead atoms. The molecular weight excluding hydrogens is 197 g/mol. The van der Waals surface area contributed by atoms with Crippen molar-refractivity contribution in [2.24, 2.45) is 0 Å². The molecule has 12 heavy (non-hydrogen) atoms. The van der Waals surface area contributed by atoms with E-state index in [0.29, 0.717) is 11.0 Å². The van der Waals surface area contributed by atoms with Crippen LogP contribution >= 0.6 is 23.2 Å². The van der Waals surface area contributed by atoms with Gasteiger partial charge < -0.3 is 0 Å². The van der Waals surface area contributed by atoms with E-state index in [0.717, 1.165) is 11.3 Å². The molecule has 0 saturated heterocycles. The highest BCUT2D eigenvalue weighted by molar-refractivity contribution is 6.29. The molecule has 0 spiro atoms. The van der Waals surface area contributed by atoms with E-state index in [4.69, 9.17) is 23.2 Å². The Kier molecular flexibility index (Phi) is 1.90. The summed E-state index contributed by atoms with van der Waals surface area (Å²) in [6, 6.07) is 0. The average molecular weight is 202 g/mol. The van der Waals surface area contributed by atoms with Crippen molar-refractivity contribution in [3.8, 4) is 0 Å². The lowest BCUT2D eigenvalue weighted by atomic mass is 10.6. The molecule has 0 N–H and O–H groups in total. The van der Waals surface area contributed by atoms with Crippen LogP contribution in [-0.4, -0.2) is 14.4 Å². The zero-order valence-corrected chi connectivity index (χ0v) is 7.55. The number of fused-ring (bicyclic) bond motifs is 1. The van der Waals surface area contributed by atoms with Gasteiger partial charge in [0.2, 0.25) is 0 Å². The van der Waals surface area contributed by atoms with E-state index in [9.17, 15) is 0 Å². The SMILES string of the molecule is ClCc1cn2c(Cl)cncc2n1. The molecule has 0 aliphatic carbocycles. The summed E-state index contributed by atoms with van der Waals surface area (Å²) in [6.45, 7) is 0. The van der Waals surface area contributed by atoms with E-state index in [1.807, 2.05) is 0 Å². The Labute approximate surface area is 79.0 Å². The highest BCUT2D eigenvalue weighted by Gasteiger charge is 2.02. The Balaban J connectivity index is 2.74. The second-order valence-electron chi connectivity index (χ2n) is 2.32. The van der Waals surface area contributed by atoms with Crippen LogP contribution in [-0.2, 0) is 5.88 Å². The third-order valence-electron chi connectivity index (χ3n) is 1.52. The van der Waals surface area contributed by atoms with Gasteiger partial charge in [-0.05, 0) is 0 Å². The van der Waals surface area contributed by atoms with Gasteiger partial charge in [0.05, 0.1) is 24.0 Å². The molecule has 0 atom stereocenters. The molecule has 0 radical (unpaired) electrons. The number of alkyl halides is 1.